The Morgan fingerprint density at radius 3 is 2.79 bits per heavy atom. The number of nitrogens with zero attached hydrogens (tertiary/aromatic N) is 1. The second-order valence-corrected chi connectivity index (χ2v) is 6.78. The van der Waals surface area contributed by atoms with Gasteiger partial charge in [0.15, 0.2) is 6.29 Å². The molecule has 1 aliphatic rings. The van der Waals surface area contributed by atoms with E-state index in [1.807, 2.05) is 25.1 Å². The summed E-state index contributed by atoms with van der Waals surface area (Å²) in [6.45, 7) is 7.25. The van der Waals surface area contributed by atoms with Gasteiger partial charge in [0.25, 0.3) is 0 Å². The number of ether oxygens (including phenoxy) is 3. The fourth-order valence-corrected chi connectivity index (χ4v) is 3.33. The van der Waals surface area contributed by atoms with Gasteiger partial charge in [0, 0.05) is 13.0 Å². The maximum absolute atomic E-state index is 13.5. The lowest BCUT2D eigenvalue weighted by Gasteiger charge is -2.27. The molecule has 0 amide bonds. The molecule has 1 unspecified atom stereocenters. The van der Waals surface area contributed by atoms with Crippen LogP contribution in [-0.2, 0) is 20.8 Å². The first-order valence-electron chi connectivity index (χ1n) is 9.50. The molecule has 1 aromatic rings. The molecular weight excluding hydrogens is 357 g/mol. The molecule has 1 saturated heterocycles. The van der Waals surface area contributed by atoms with Crippen LogP contribution in [0.2, 0.25) is 0 Å². The summed E-state index contributed by atoms with van der Waals surface area (Å²) in [5.41, 5.74) is 3.62. The van der Waals surface area contributed by atoms with Gasteiger partial charge in [-0.25, -0.2) is 4.39 Å². The highest BCUT2D eigenvalue weighted by Crippen LogP contribution is 2.34. The lowest BCUT2D eigenvalue weighted by molar-refractivity contribution is -0.181. The van der Waals surface area contributed by atoms with Gasteiger partial charge in [-0.15, -0.1) is 0 Å². The second kappa shape index (κ2) is 11.6. The van der Waals surface area contributed by atoms with Gasteiger partial charge >= 0.3 is 0 Å². The van der Waals surface area contributed by atoms with E-state index in [1.54, 1.807) is 13.2 Å². The fourth-order valence-electron chi connectivity index (χ4n) is 3.33. The molecule has 1 aromatic carbocycles. The molecule has 5 heteroatoms. The summed E-state index contributed by atoms with van der Waals surface area (Å²) in [6, 6.07) is 7.80. The smallest absolute Gasteiger partial charge is 0.157 e. The molecule has 0 N–H and O–H groups in total. The number of halogens is 1. The van der Waals surface area contributed by atoms with Crippen molar-refractivity contribution in [2.75, 3.05) is 20.3 Å². The van der Waals surface area contributed by atoms with Crippen LogP contribution >= 0.6 is 0 Å². The molecule has 1 heterocycles. The van der Waals surface area contributed by atoms with Crippen LogP contribution in [-0.4, -0.2) is 26.6 Å². The van der Waals surface area contributed by atoms with Gasteiger partial charge in [0.2, 0.25) is 0 Å². The first kappa shape index (κ1) is 22.0. The van der Waals surface area contributed by atoms with Crippen molar-refractivity contribution in [1.29, 1.82) is 5.26 Å². The Bertz CT molecular complexity index is 758. The van der Waals surface area contributed by atoms with Crippen LogP contribution in [0.5, 0.6) is 0 Å². The normalized spacial score (nSPS) is 17.2. The topological polar surface area (TPSA) is 51.5 Å². The highest BCUT2D eigenvalue weighted by Gasteiger charge is 2.21. The lowest BCUT2D eigenvalue weighted by Crippen LogP contribution is -2.25. The lowest BCUT2D eigenvalue weighted by atomic mass is 9.84. The molecule has 0 aliphatic carbocycles. The number of benzene rings is 1. The maximum atomic E-state index is 13.5. The third kappa shape index (κ3) is 6.42. The third-order valence-electron chi connectivity index (χ3n) is 4.78. The van der Waals surface area contributed by atoms with E-state index in [9.17, 15) is 9.65 Å². The number of hydrogen-bond donors (Lipinski definition) is 0. The van der Waals surface area contributed by atoms with Crippen molar-refractivity contribution in [3.63, 3.8) is 0 Å². The van der Waals surface area contributed by atoms with Crippen LogP contribution in [0.3, 0.4) is 0 Å². The molecule has 1 atom stereocenters. The van der Waals surface area contributed by atoms with Crippen molar-refractivity contribution in [3.8, 4) is 6.07 Å². The van der Waals surface area contributed by atoms with Crippen molar-refractivity contribution in [1.82, 2.24) is 0 Å². The molecule has 0 radical (unpaired) electrons. The first-order valence-corrected chi connectivity index (χ1v) is 9.50. The van der Waals surface area contributed by atoms with Crippen LogP contribution in [0.15, 0.2) is 54.4 Å². The Balaban J connectivity index is 2.33. The Morgan fingerprint density at radius 2 is 2.14 bits per heavy atom. The van der Waals surface area contributed by atoms with E-state index < -0.39 is 0 Å². The predicted molar refractivity (Wildman–Crippen MR) is 107 cm³/mol. The van der Waals surface area contributed by atoms with Gasteiger partial charge in [0.05, 0.1) is 31.5 Å². The minimum absolute atomic E-state index is 0.0286. The zero-order valence-corrected chi connectivity index (χ0v) is 16.6. The van der Waals surface area contributed by atoms with E-state index in [2.05, 4.69) is 12.6 Å². The third-order valence-corrected chi connectivity index (χ3v) is 4.78. The number of methoxy groups -OCH3 is 1. The van der Waals surface area contributed by atoms with Crippen LogP contribution in [0.4, 0.5) is 4.39 Å². The molecule has 1 aliphatic heterocycles. The number of hydrogen-bond acceptors (Lipinski definition) is 4. The summed E-state index contributed by atoms with van der Waals surface area (Å²) < 4.78 is 30.2. The summed E-state index contributed by atoms with van der Waals surface area (Å²) in [4.78, 5) is 0. The fraction of sp³-hybridized carbons (Fsp3) is 0.435. The Kier molecular flexibility index (Phi) is 9.09. The Hall–Kier alpha value is -2.26. The van der Waals surface area contributed by atoms with E-state index in [0.29, 0.717) is 25.4 Å². The average Bonchev–Trinajstić information content (AvgIpc) is 2.73. The molecular formula is C23H28FNO3. The van der Waals surface area contributed by atoms with Crippen molar-refractivity contribution >= 4 is 0 Å². The van der Waals surface area contributed by atoms with E-state index in [1.165, 1.54) is 12.2 Å². The molecule has 1 fully saturated rings. The van der Waals surface area contributed by atoms with E-state index in [-0.39, 0.29) is 18.0 Å². The quantitative estimate of drug-likeness (QED) is 0.540. The Labute approximate surface area is 166 Å². The van der Waals surface area contributed by atoms with Crippen LogP contribution in [0, 0.1) is 11.3 Å². The summed E-state index contributed by atoms with van der Waals surface area (Å²) in [5, 5.41) is 9.22. The molecule has 0 bridgehead atoms. The molecule has 28 heavy (non-hydrogen) atoms. The van der Waals surface area contributed by atoms with E-state index in [4.69, 9.17) is 14.2 Å². The highest BCUT2D eigenvalue weighted by molar-refractivity contribution is 5.42. The summed E-state index contributed by atoms with van der Waals surface area (Å²) in [7, 11) is 1.63. The van der Waals surface area contributed by atoms with Gasteiger partial charge in [-0.3, -0.25) is 0 Å². The molecule has 4 nitrogen and oxygen atoms in total. The first-order chi connectivity index (χ1) is 13.6. The van der Waals surface area contributed by atoms with Gasteiger partial charge in [-0.05, 0) is 61.6 Å². The molecule has 0 saturated carbocycles. The molecule has 0 spiro atoms. The summed E-state index contributed by atoms with van der Waals surface area (Å²) in [6.07, 6.45) is 6.59. The minimum Gasteiger partial charge on any atom is -0.380 e. The monoisotopic (exact) mass is 385 g/mol. The average molecular weight is 385 g/mol. The highest BCUT2D eigenvalue weighted by atomic mass is 19.1. The van der Waals surface area contributed by atoms with Crippen molar-refractivity contribution in [3.05, 3.63) is 71.1 Å². The SMILES string of the molecule is C=C/C(F)=C\C=C(/C)C(CCC1OCCCO1)c1ccc(C#N)cc1COC. The van der Waals surface area contributed by atoms with Crippen LogP contribution < -0.4 is 0 Å². The molecule has 150 valence electrons. The van der Waals surface area contributed by atoms with E-state index >= 15 is 0 Å². The zero-order chi connectivity index (χ0) is 20.4. The standard InChI is InChI=1S/C23H28FNO3/c1-4-20(24)8-6-17(2)21(10-11-23-27-12-5-13-28-23)22-9-7-18(15-25)14-19(22)16-26-3/h4,6-9,14,21,23H,1,5,10-13,16H2,2-3H3/b17-6+,20-8+. The van der Waals surface area contributed by atoms with Crippen molar-refractivity contribution < 1.29 is 18.6 Å². The number of nitriles is 1. The number of allylic oxidation sites excluding steroid dienone is 5. The minimum atomic E-state index is -0.381. The van der Waals surface area contributed by atoms with E-state index in [0.717, 1.165) is 36.0 Å². The molecule has 2 rings (SSSR count). The van der Waals surface area contributed by atoms with Gasteiger partial charge < -0.3 is 14.2 Å². The second-order valence-electron chi connectivity index (χ2n) is 6.78. The summed E-state index contributed by atoms with van der Waals surface area (Å²) in [5.74, 6) is -0.352. The largest absolute Gasteiger partial charge is 0.380 e. The van der Waals surface area contributed by atoms with Gasteiger partial charge in [-0.2, -0.15) is 5.26 Å². The van der Waals surface area contributed by atoms with Crippen LogP contribution in [0.1, 0.15) is 48.8 Å². The van der Waals surface area contributed by atoms with Crippen molar-refractivity contribution in [2.45, 2.75) is 45.0 Å². The predicted octanol–water partition coefficient (Wildman–Crippen LogP) is 5.32. The van der Waals surface area contributed by atoms with Gasteiger partial charge in [0.1, 0.15) is 5.83 Å². The summed E-state index contributed by atoms with van der Waals surface area (Å²) >= 11 is 0. The van der Waals surface area contributed by atoms with Gasteiger partial charge in [-0.1, -0.05) is 24.3 Å². The maximum Gasteiger partial charge on any atom is 0.157 e. The Morgan fingerprint density at radius 1 is 1.39 bits per heavy atom. The van der Waals surface area contributed by atoms with Crippen LogP contribution in [0.25, 0.3) is 0 Å². The van der Waals surface area contributed by atoms with Crippen molar-refractivity contribution in [2.24, 2.45) is 0 Å². The molecule has 0 aromatic heterocycles. The zero-order valence-electron chi connectivity index (χ0n) is 16.6. The number of rotatable bonds is 9.